The van der Waals surface area contributed by atoms with Crippen molar-refractivity contribution in [3.8, 4) is 0 Å². The zero-order valence-electron chi connectivity index (χ0n) is 10.7. The molecule has 0 aliphatic heterocycles. The average Bonchev–Trinajstić information content (AvgIpc) is 2.37. The van der Waals surface area contributed by atoms with Crippen LogP contribution in [0.1, 0.15) is 45.1 Å². The van der Waals surface area contributed by atoms with Crippen LogP contribution in [0.15, 0.2) is 18.5 Å². The summed E-state index contributed by atoms with van der Waals surface area (Å²) in [5.41, 5.74) is 1.56. The molecule has 0 amide bonds. The van der Waals surface area contributed by atoms with E-state index in [0.717, 1.165) is 16.8 Å². The van der Waals surface area contributed by atoms with E-state index in [0.29, 0.717) is 5.41 Å². The third kappa shape index (κ3) is 4.26. The van der Waals surface area contributed by atoms with Crippen LogP contribution in [-0.4, -0.2) is 10.3 Å². The number of hydrogen-bond donors (Lipinski definition) is 0. The van der Waals surface area contributed by atoms with Gasteiger partial charge in [0.25, 0.3) is 0 Å². The Morgan fingerprint density at radius 2 is 2.18 bits per heavy atom. The molecule has 0 aliphatic rings. The standard InChI is InChI=1S/C14H21BrClN/c1-3-5-7-14(4-2,11-15)9-12-6-8-17-10-13(12)16/h6,8,10H,3-5,7,9,11H2,1-2H3. The van der Waals surface area contributed by atoms with Gasteiger partial charge >= 0.3 is 0 Å². The summed E-state index contributed by atoms with van der Waals surface area (Å²) in [6.45, 7) is 4.51. The number of alkyl halides is 1. The minimum Gasteiger partial charge on any atom is -0.263 e. The molecular weight excluding hydrogens is 298 g/mol. The predicted molar refractivity (Wildman–Crippen MR) is 79.0 cm³/mol. The Labute approximate surface area is 118 Å². The predicted octanol–water partition coefficient (Wildman–Crippen LogP) is 5.26. The smallest absolute Gasteiger partial charge is 0.0621 e. The van der Waals surface area contributed by atoms with Gasteiger partial charge in [-0.2, -0.15) is 0 Å². The Morgan fingerprint density at radius 3 is 2.71 bits per heavy atom. The second-order valence-electron chi connectivity index (χ2n) is 4.73. The monoisotopic (exact) mass is 317 g/mol. The molecule has 0 aromatic carbocycles. The van der Waals surface area contributed by atoms with E-state index >= 15 is 0 Å². The molecule has 1 aromatic rings. The summed E-state index contributed by atoms with van der Waals surface area (Å²) in [4.78, 5) is 4.05. The lowest BCUT2D eigenvalue weighted by atomic mass is 9.77. The van der Waals surface area contributed by atoms with Crippen LogP contribution < -0.4 is 0 Å². The number of nitrogens with zero attached hydrogens (tertiary/aromatic N) is 1. The second kappa shape index (κ2) is 7.38. The fourth-order valence-corrected chi connectivity index (χ4v) is 3.16. The van der Waals surface area contributed by atoms with Crippen molar-refractivity contribution in [3.05, 3.63) is 29.0 Å². The van der Waals surface area contributed by atoms with Gasteiger partial charge in [0.2, 0.25) is 0 Å². The molecule has 96 valence electrons. The molecule has 0 fully saturated rings. The molecule has 1 nitrogen and oxygen atoms in total. The van der Waals surface area contributed by atoms with Crippen molar-refractivity contribution in [2.24, 2.45) is 5.41 Å². The maximum atomic E-state index is 6.20. The Kier molecular flexibility index (Phi) is 6.50. The van der Waals surface area contributed by atoms with Gasteiger partial charge in [0.15, 0.2) is 0 Å². The summed E-state index contributed by atoms with van der Waals surface area (Å²) in [6.07, 6.45) is 9.57. The van der Waals surface area contributed by atoms with Gasteiger partial charge in [-0.25, -0.2) is 0 Å². The molecule has 1 unspecified atom stereocenters. The SMILES string of the molecule is CCCCC(CC)(CBr)Cc1ccncc1Cl. The summed E-state index contributed by atoms with van der Waals surface area (Å²) in [5, 5.41) is 1.83. The molecule has 3 heteroatoms. The molecule has 0 saturated carbocycles. The lowest BCUT2D eigenvalue weighted by molar-refractivity contribution is 0.284. The van der Waals surface area contributed by atoms with E-state index in [2.05, 4.69) is 34.8 Å². The maximum Gasteiger partial charge on any atom is 0.0621 e. The molecule has 1 heterocycles. The van der Waals surface area contributed by atoms with Crippen LogP contribution in [0.2, 0.25) is 5.02 Å². The van der Waals surface area contributed by atoms with Crippen molar-refractivity contribution >= 4 is 27.5 Å². The molecule has 0 radical (unpaired) electrons. The lowest BCUT2D eigenvalue weighted by Crippen LogP contribution is -2.25. The molecular formula is C14H21BrClN. The molecule has 1 atom stereocenters. The first kappa shape index (κ1) is 15.0. The van der Waals surface area contributed by atoms with E-state index in [4.69, 9.17) is 11.6 Å². The van der Waals surface area contributed by atoms with Crippen LogP contribution in [0.5, 0.6) is 0 Å². The first-order chi connectivity index (χ1) is 8.17. The Hall–Kier alpha value is -0.0800. The Balaban J connectivity index is 2.82. The fourth-order valence-electron chi connectivity index (χ4n) is 2.10. The van der Waals surface area contributed by atoms with Crippen molar-refractivity contribution in [3.63, 3.8) is 0 Å². The van der Waals surface area contributed by atoms with Crippen molar-refractivity contribution < 1.29 is 0 Å². The summed E-state index contributed by atoms with van der Waals surface area (Å²) in [5.74, 6) is 0. The number of aromatic nitrogens is 1. The fraction of sp³-hybridized carbons (Fsp3) is 0.643. The number of halogens is 2. The number of rotatable bonds is 7. The normalized spacial score (nSPS) is 14.6. The molecule has 0 saturated heterocycles. The van der Waals surface area contributed by atoms with E-state index in [1.807, 2.05) is 12.3 Å². The third-order valence-electron chi connectivity index (χ3n) is 3.52. The second-order valence-corrected chi connectivity index (χ2v) is 5.70. The van der Waals surface area contributed by atoms with Gasteiger partial charge in [-0.3, -0.25) is 4.98 Å². The minimum absolute atomic E-state index is 0.334. The number of hydrogen-bond acceptors (Lipinski definition) is 1. The number of pyridine rings is 1. The zero-order chi connectivity index (χ0) is 12.7. The van der Waals surface area contributed by atoms with Crippen molar-refractivity contribution in [2.75, 3.05) is 5.33 Å². The van der Waals surface area contributed by atoms with Crippen molar-refractivity contribution in [2.45, 2.75) is 46.0 Å². The largest absolute Gasteiger partial charge is 0.263 e. The highest BCUT2D eigenvalue weighted by Crippen LogP contribution is 2.36. The van der Waals surface area contributed by atoms with Gasteiger partial charge in [0, 0.05) is 17.7 Å². The van der Waals surface area contributed by atoms with Gasteiger partial charge in [0.1, 0.15) is 0 Å². The molecule has 1 rings (SSSR count). The van der Waals surface area contributed by atoms with Crippen LogP contribution in [0.3, 0.4) is 0 Å². The summed E-state index contributed by atoms with van der Waals surface area (Å²) in [6, 6.07) is 2.04. The Bertz CT molecular complexity index is 337. The van der Waals surface area contributed by atoms with Crippen molar-refractivity contribution in [1.82, 2.24) is 4.98 Å². The average molecular weight is 319 g/mol. The first-order valence-corrected chi connectivity index (χ1v) is 7.81. The van der Waals surface area contributed by atoms with Crippen molar-refractivity contribution in [1.29, 1.82) is 0 Å². The maximum absolute atomic E-state index is 6.20. The van der Waals surface area contributed by atoms with Gasteiger partial charge < -0.3 is 0 Å². The van der Waals surface area contributed by atoms with E-state index in [-0.39, 0.29) is 0 Å². The van der Waals surface area contributed by atoms with Gasteiger partial charge in [-0.1, -0.05) is 54.2 Å². The molecule has 0 spiro atoms. The summed E-state index contributed by atoms with van der Waals surface area (Å²) in [7, 11) is 0. The highest BCUT2D eigenvalue weighted by molar-refractivity contribution is 9.09. The zero-order valence-corrected chi connectivity index (χ0v) is 13.0. The van der Waals surface area contributed by atoms with Crippen LogP contribution in [0.4, 0.5) is 0 Å². The minimum atomic E-state index is 0.334. The van der Waals surface area contributed by atoms with Crippen LogP contribution in [0.25, 0.3) is 0 Å². The highest BCUT2D eigenvalue weighted by Gasteiger charge is 2.27. The van der Waals surface area contributed by atoms with Gasteiger partial charge in [-0.05, 0) is 36.3 Å². The molecule has 0 N–H and O–H groups in total. The van der Waals surface area contributed by atoms with E-state index in [1.165, 1.54) is 31.2 Å². The van der Waals surface area contributed by atoms with Gasteiger partial charge in [-0.15, -0.1) is 0 Å². The summed E-state index contributed by atoms with van der Waals surface area (Å²) >= 11 is 9.89. The van der Waals surface area contributed by atoms with Gasteiger partial charge in [0.05, 0.1) is 5.02 Å². The van der Waals surface area contributed by atoms with E-state index in [9.17, 15) is 0 Å². The van der Waals surface area contributed by atoms with E-state index < -0.39 is 0 Å². The van der Waals surface area contributed by atoms with E-state index in [1.54, 1.807) is 6.20 Å². The van der Waals surface area contributed by atoms with Crippen LogP contribution >= 0.6 is 27.5 Å². The number of unbranched alkanes of at least 4 members (excludes halogenated alkanes) is 1. The van der Waals surface area contributed by atoms with Crippen LogP contribution in [0, 0.1) is 5.41 Å². The molecule has 1 aromatic heterocycles. The molecule has 0 aliphatic carbocycles. The first-order valence-electron chi connectivity index (χ1n) is 6.32. The lowest BCUT2D eigenvalue weighted by Gasteiger charge is -2.31. The molecule has 0 bridgehead atoms. The summed E-state index contributed by atoms with van der Waals surface area (Å²) < 4.78 is 0. The topological polar surface area (TPSA) is 12.9 Å². The molecule has 17 heavy (non-hydrogen) atoms. The quantitative estimate of drug-likeness (QED) is 0.625. The Morgan fingerprint density at radius 1 is 1.41 bits per heavy atom. The van der Waals surface area contributed by atoms with Crippen LogP contribution in [-0.2, 0) is 6.42 Å². The highest BCUT2D eigenvalue weighted by atomic mass is 79.9. The third-order valence-corrected chi connectivity index (χ3v) is 5.05.